The van der Waals surface area contributed by atoms with E-state index >= 15 is 0 Å². The van der Waals surface area contributed by atoms with Gasteiger partial charge in [0.2, 0.25) is 0 Å². The highest BCUT2D eigenvalue weighted by Gasteiger charge is 2.02. The first-order chi connectivity index (χ1) is 7.85. The van der Waals surface area contributed by atoms with Crippen LogP contribution in [-0.2, 0) is 0 Å². The summed E-state index contributed by atoms with van der Waals surface area (Å²) >= 11 is 0. The SMILES string of the molecule is C=CCC(CCCCCCCCCC)NC. The topological polar surface area (TPSA) is 12.0 Å². The Morgan fingerprint density at radius 1 is 1.00 bits per heavy atom. The lowest BCUT2D eigenvalue weighted by atomic mass is 10.0. The summed E-state index contributed by atoms with van der Waals surface area (Å²) in [6, 6.07) is 0.651. The van der Waals surface area contributed by atoms with Gasteiger partial charge in [0.25, 0.3) is 0 Å². The molecular weight excluding hydrogens is 194 g/mol. The fourth-order valence-corrected chi connectivity index (χ4v) is 2.11. The number of hydrogen-bond donors (Lipinski definition) is 1. The van der Waals surface area contributed by atoms with Crippen LogP contribution >= 0.6 is 0 Å². The van der Waals surface area contributed by atoms with Crippen LogP contribution in [0.3, 0.4) is 0 Å². The van der Waals surface area contributed by atoms with E-state index in [0.717, 1.165) is 6.42 Å². The van der Waals surface area contributed by atoms with E-state index in [0.29, 0.717) is 6.04 Å². The van der Waals surface area contributed by atoms with Crippen LogP contribution in [0.15, 0.2) is 12.7 Å². The van der Waals surface area contributed by atoms with Crippen molar-refractivity contribution in [3.63, 3.8) is 0 Å². The molecule has 0 aliphatic rings. The molecule has 0 saturated heterocycles. The Hall–Kier alpha value is -0.300. The minimum absolute atomic E-state index is 0.651. The van der Waals surface area contributed by atoms with Crippen molar-refractivity contribution in [3.05, 3.63) is 12.7 Å². The van der Waals surface area contributed by atoms with Crippen molar-refractivity contribution in [2.45, 2.75) is 77.2 Å². The van der Waals surface area contributed by atoms with Gasteiger partial charge in [-0.3, -0.25) is 0 Å². The van der Waals surface area contributed by atoms with Crippen LogP contribution < -0.4 is 5.32 Å². The van der Waals surface area contributed by atoms with Gasteiger partial charge in [-0.05, 0) is 19.9 Å². The highest BCUT2D eigenvalue weighted by atomic mass is 14.9. The van der Waals surface area contributed by atoms with Gasteiger partial charge in [0.15, 0.2) is 0 Å². The quantitative estimate of drug-likeness (QED) is 0.375. The second-order valence-corrected chi connectivity index (χ2v) is 4.77. The molecule has 0 aliphatic carbocycles. The normalized spacial score (nSPS) is 12.6. The molecule has 0 rings (SSSR count). The standard InChI is InChI=1S/C15H31N/c1-4-6-7-8-9-10-11-12-14-15(16-3)13-5-2/h5,15-16H,2,4,6-14H2,1,3H3. The Kier molecular flexibility index (Phi) is 12.5. The summed E-state index contributed by atoms with van der Waals surface area (Å²) in [6.07, 6.45) is 15.7. The van der Waals surface area contributed by atoms with Gasteiger partial charge in [-0.15, -0.1) is 6.58 Å². The monoisotopic (exact) mass is 225 g/mol. The maximum absolute atomic E-state index is 3.79. The Labute approximate surface area is 103 Å². The van der Waals surface area contributed by atoms with E-state index in [4.69, 9.17) is 0 Å². The molecule has 0 radical (unpaired) electrons. The maximum atomic E-state index is 3.79. The summed E-state index contributed by atoms with van der Waals surface area (Å²) in [6.45, 7) is 6.07. The minimum Gasteiger partial charge on any atom is -0.317 e. The molecule has 1 N–H and O–H groups in total. The molecule has 0 fully saturated rings. The Balaban J connectivity index is 3.15. The third-order valence-electron chi connectivity index (χ3n) is 3.27. The predicted octanol–water partition coefficient (Wildman–Crippen LogP) is 4.68. The first-order valence-corrected chi connectivity index (χ1v) is 7.13. The van der Waals surface area contributed by atoms with Crippen LogP contribution in [0.5, 0.6) is 0 Å². The van der Waals surface area contributed by atoms with Gasteiger partial charge in [0.05, 0.1) is 0 Å². The number of hydrogen-bond acceptors (Lipinski definition) is 1. The van der Waals surface area contributed by atoms with Crippen LogP contribution in [0.25, 0.3) is 0 Å². The highest BCUT2D eigenvalue weighted by Crippen LogP contribution is 2.11. The zero-order valence-electron chi connectivity index (χ0n) is 11.4. The largest absolute Gasteiger partial charge is 0.317 e. The molecule has 1 unspecified atom stereocenters. The predicted molar refractivity (Wildman–Crippen MR) is 74.9 cm³/mol. The van der Waals surface area contributed by atoms with E-state index in [2.05, 4.69) is 25.9 Å². The summed E-state index contributed by atoms with van der Waals surface area (Å²) < 4.78 is 0. The van der Waals surface area contributed by atoms with Gasteiger partial charge in [-0.25, -0.2) is 0 Å². The summed E-state index contributed by atoms with van der Waals surface area (Å²) in [5, 5.41) is 3.35. The van der Waals surface area contributed by atoms with Crippen molar-refractivity contribution in [3.8, 4) is 0 Å². The van der Waals surface area contributed by atoms with Crippen molar-refractivity contribution in [2.75, 3.05) is 7.05 Å². The second kappa shape index (κ2) is 12.8. The molecule has 0 bridgehead atoms. The summed E-state index contributed by atoms with van der Waals surface area (Å²) in [5.41, 5.74) is 0. The van der Waals surface area contributed by atoms with Gasteiger partial charge < -0.3 is 5.32 Å². The lowest BCUT2D eigenvalue weighted by Gasteiger charge is -2.13. The smallest absolute Gasteiger partial charge is 0.00984 e. The molecule has 0 spiro atoms. The van der Waals surface area contributed by atoms with E-state index in [-0.39, 0.29) is 0 Å². The third kappa shape index (κ3) is 10.2. The minimum atomic E-state index is 0.651. The van der Waals surface area contributed by atoms with Crippen molar-refractivity contribution >= 4 is 0 Å². The van der Waals surface area contributed by atoms with Crippen LogP contribution in [-0.4, -0.2) is 13.1 Å². The van der Waals surface area contributed by atoms with Gasteiger partial charge in [-0.1, -0.05) is 64.4 Å². The zero-order valence-corrected chi connectivity index (χ0v) is 11.4. The summed E-state index contributed by atoms with van der Waals surface area (Å²) in [4.78, 5) is 0. The van der Waals surface area contributed by atoms with E-state index in [1.54, 1.807) is 0 Å². The van der Waals surface area contributed by atoms with Crippen LogP contribution in [0.1, 0.15) is 71.1 Å². The molecule has 0 aromatic heterocycles. The van der Waals surface area contributed by atoms with Crippen LogP contribution in [0.4, 0.5) is 0 Å². The Bertz CT molecular complexity index is 142. The molecule has 0 amide bonds. The zero-order chi connectivity index (χ0) is 12.1. The van der Waals surface area contributed by atoms with Crippen molar-refractivity contribution < 1.29 is 0 Å². The van der Waals surface area contributed by atoms with Gasteiger partial charge >= 0.3 is 0 Å². The molecule has 0 aliphatic heterocycles. The molecule has 0 heterocycles. The Morgan fingerprint density at radius 3 is 2.06 bits per heavy atom. The number of unbranched alkanes of at least 4 members (excludes halogenated alkanes) is 7. The van der Waals surface area contributed by atoms with Crippen molar-refractivity contribution in [2.24, 2.45) is 0 Å². The van der Waals surface area contributed by atoms with Gasteiger partial charge in [-0.2, -0.15) is 0 Å². The molecule has 1 nitrogen and oxygen atoms in total. The van der Waals surface area contributed by atoms with Crippen LogP contribution in [0, 0.1) is 0 Å². The average Bonchev–Trinajstić information content (AvgIpc) is 2.31. The first-order valence-electron chi connectivity index (χ1n) is 7.13. The van der Waals surface area contributed by atoms with Gasteiger partial charge in [0, 0.05) is 6.04 Å². The second-order valence-electron chi connectivity index (χ2n) is 4.77. The fraction of sp³-hybridized carbons (Fsp3) is 0.867. The fourth-order valence-electron chi connectivity index (χ4n) is 2.11. The first kappa shape index (κ1) is 15.7. The van der Waals surface area contributed by atoms with Gasteiger partial charge in [0.1, 0.15) is 0 Å². The molecule has 0 saturated carbocycles. The summed E-state index contributed by atoms with van der Waals surface area (Å²) in [5.74, 6) is 0. The maximum Gasteiger partial charge on any atom is 0.00984 e. The molecule has 1 atom stereocenters. The molecule has 0 aromatic rings. The Morgan fingerprint density at radius 2 is 1.56 bits per heavy atom. The van der Waals surface area contributed by atoms with Crippen molar-refractivity contribution in [1.29, 1.82) is 0 Å². The lowest BCUT2D eigenvalue weighted by molar-refractivity contribution is 0.483. The molecule has 1 heteroatoms. The van der Waals surface area contributed by atoms with Crippen LogP contribution in [0.2, 0.25) is 0 Å². The number of rotatable bonds is 12. The summed E-state index contributed by atoms with van der Waals surface area (Å²) in [7, 11) is 2.05. The lowest BCUT2D eigenvalue weighted by Crippen LogP contribution is -2.24. The van der Waals surface area contributed by atoms with E-state index in [1.165, 1.54) is 57.8 Å². The van der Waals surface area contributed by atoms with E-state index < -0.39 is 0 Å². The van der Waals surface area contributed by atoms with E-state index in [1.807, 2.05) is 6.08 Å². The average molecular weight is 225 g/mol. The number of nitrogens with one attached hydrogen (secondary N) is 1. The molecular formula is C15H31N. The van der Waals surface area contributed by atoms with Crippen molar-refractivity contribution in [1.82, 2.24) is 5.32 Å². The molecule has 0 aromatic carbocycles. The van der Waals surface area contributed by atoms with E-state index in [9.17, 15) is 0 Å². The third-order valence-corrected chi connectivity index (χ3v) is 3.27. The molecule has 96 valence electrons. The molecule has 16 heavy (non-hydrogen) atoms. The highest BCUT2D eigenvalue weighted by molar-refractivity contribution is 4.76.